The molecule has 0 aliphatic carbocycles. The summed E-state index contributed by atoms with van der Waals surface area (Å²) in [5.41, 5.74) is 2.31. The summed E-state index contributed by atoms with van der Waals surface area (Å²) >= 11 is 0. The highest BCUT2D eigenvalue weighted by molar-refractivity contribution is 7.89. The van der Waals surface area contributed by atoms with Gasteiger partial charge >= 0.3 is 5.97 Å². The highest BCUT2D eigenvalue weighted by Crippen LogP contribution is 2.27. The van der Waals surface area contributed by atoms with Crippen LogP contribution in [0.25, 0.3) is 0 Å². The highest BCUT2D eigenvalue weighted by atomic mass is 32.2. The van der Waals surface area contributed by atoms with Gasteiger partial charge in [0.05, 0.1) is 12.7 Å². The normalized spacial score (nSPS) is 14.7. The molecule has 1 heterocycles. The molecule has 0 spiro atoms. The molecule has 2 aromatic rings. The van der Waals surface area contributed by atoms with Crippen molar-refractivity contribution in [3.63, 3.8) is 0 Å². The van der Waals surface area contributed by atoms with Crippen LogP contribution in [0, 0.1) is 0 Å². The van der Waals surface area contributed by atoms with Crippen molar-refractivity contribution in [3.05, 3.63) is 59.2 Å². The molecule has 8 nitrogen and oxygen atoms in total. The summed E-state index contributed by atoms with van der Waals surface area (Å²) < 4.78 is 36.6. The number of amides is 1. The van der Waals surface area contributed by atoms with Gasteiger partial charge in [-0.25, -0.2) is 17.5 Å². The standard InChI is InChI=1S/C22H26N2O6S/c1-15(21(25)24-12-11-16-7-5-6-8-18(16)14-24)30-22(26)17-9-10-19(29-4)20(13-17)31(27,28)23(2)3/h5-10,13,15H,11-12,14H2,1-4H3. The number of rotatable bonds is 6. The molecule has 0 N–H and O–H groups in total. The third-order valence-electron chi connectivity index (χ3n) is 5.23. The maximum Gasteiger partial charge on any atom is 0.338 e. The van der Waals surface area contributed by atoms with Crippen molar-refractivity contribution in [1.82, 2.24) is 9.21 Å². The molecule has 0 saturated carbocycles. The average Bonchev–Trinajstić information content (AvgIpc) is 2.77. The van der Waals surface area contributed by atoms with Crippen molar-refractivity contribution in [2.24, 2.45) is 0 Å². The second-order valence-electron chi connectivity index (χ2n) is 7.48. The van der Waals surface area contributed by atoms with Crippen molar-refractivity contribution >= 4 is 21.9 Å². The Morgan fingerprint density at radius 2 is 1.77 bits per heavy atom. The van der Waals surface area contributed by atoms with E-state index in [1.54, 1.807) is 4.90 Å². The second kappa shape index (κ2) is 9.07. The molecule has 0 aromatic heterocycles. The Hall–Kier alpha value is -2.91. The predicted octanol–water partition coefficient (Wildman–Crippen LogP) is 2.08. The Morgan fingerprint density at radius 3 is 2.42 bits per heavy atom. The van der Waals surface area contributed by atoms with Gasteiger partial charge in [-0.2, -0.15) is 0 Å². The van der Waals surface area contributed by atoms with Crippen molar-refractivity contribution in [3.8, 4) is 5.75 Å². The third-order valence-corrected chi connectivity index (χ3v) is 7.07. The van der Waals surface area contributed by atoms with Gasteiger partial charge in [-0.1, -0.05) is 24.3 Å². The number of hydrogen-bond donors (Lipinski definition) is 0. The smallest absolute Gasteiger partial charge is 0.338 e. The van der Waals surface area contributed by atoms with Gasteiger partial charge in [0.25, 0.3) is 5.91 Å². The summed E-state index contributed by atoms with van der Waals surface area (Å²) in [6.07, 6.45) is -0.263. The lowest BCUT2D eigenvalue weighted by Gasteiger charge is -2.30. The van der Waals surface area contributed by atoms with Gasteiger partial charge in [0.15, 0.2) is 6.10 Å². The maximum absolute atomic E-state index is 12.8. The number of benzene rings is 2. The number of esters is 1. The Kier molecular flexibility index (Phi) is 6.66. The van der Waals surface area contributed by atoms with Crippen LogP contribution >= 0.6 is 0 Å². The minimum absolute atomic E-state index is 0.0184. The topological polar surface area (TPSA) is 93.2 Å². The molecule has 1 atom stereocenters. The predicted molar refractivity (Wildman–Crippen MR) is 114 cm³/mol. The van der Waals surface area contributed by atoms with Gasteiger partial charge < -0.3 is 14.4 Å². The van der Waals surface area contributed by atoms with E-state index in [0.717, 1.165) is 16.3 Å². The van der Waals surface area contributed by atoms with Crippen molar-refractivity contribution in [2.75, 3.05) is 27.7 Å². The molecule has 1 unspecified atom stereocenters. The van der Waals surface area contributed by atoms with E-state index in [2.05, 4.69) is 0 Å². The van der Waals surface area contributed by atoms with E-state index in [4.69, 9.17) is 9.47 Å². The lowest BCUT2D eigenvalue weighted by atomic mass is 9.99. The first-order valence-electron chi connectivity index (χ1n) is 9.82. The Bertz CT molecular complexity index is 1100. The maximum atomic E-state index is 12.8. The van der Waals surface area contributed by atoms with Crippen molar-refractivity contribution in [1.29, 1.82) is 0 Å². The van der Waals surface area contributed by atoms with Gasteiger partial charge in [0, 0.05) is 27.2 Å². The molecule has 3 rings (SSSR count). The molecule has 2 aromatic carbocycles. The molecule has 166 valence electrons. The van der Waals surface area contributed by atoms with Crippen LogP contribution in [0.2, 0.25) is 0 Å². The Balaban J connectivity index is 1.75. The minimum Gasteiger partial charge on any atom is -0.495 e. The first-order valence-corrected chi connectivity index (χ1v) is 11.3. The largest absolute Gasteiger partial charge is 0.495 e. The molecule has 0 bridgehead atoms. The molecule has 1 amide bonds. The average molecular weight is 447 g/mol. The SMILES string of the molecule is COc1ccc(C(=O)OC(C)C(=O)N2CCc3ccccc3C2)cc1S(=O)(=O)N(C)C. The van der Waals surface area contributed by atoms with Crippen LogP contribution in [-0.2, 0) is 32.5 Å². The summed E-state index contributed by atoms with van der Waals surface area (Å²) in [5.74, 6) is -0.963. The summed E-state index contributed by atoms with van der Waals surface area (Å²) in [5, 5.41) is 0. The molecule has 0 fully saturated rings. The number of methoxy groups -OCH3 is 1. The van der Waals surface area contributed by atoms with Crippen LogP contribution in [0.15, 0.2) is 47.4 Å². The van der Waals surface area contributed by atoms with E-state index in [0.29, 0.717) is 13.1 Å². The molecule has 0 saturated heterocycles. The fourth-order valence-corrected chi connectivity index (χ4v) is 4.50. The third kappa shape index (κ3) is 4.72. The number of hydrogen-bond acceptors (Lipinski definition) is 6. The van der Waals surface area contributed by atoms with Gasteiger partial charge in [-0.3, -0.25) is 4.79 Å². The van der Waals surface area contributed by atoms with E-state index < -0.39 is 22.1 Å². The zero-order chi connectivity index (χ0) is 22.8. The molecule has 0 radical (unpaired) electrons. The van der Waals surface area contributed by atoms with Crippen LogP contribution in [0.3, 0.4) is 0 Å². The van der Waals surface area contributed by atoms with Crippen LogP contribution in [0.4, 0.5) is 0 Å². The number of ether oxygens (including phenoxy) is 2. The van der Waals surface area contributed by atoms with Crippen molar-refractivity contribution < 1.29 is 27.5 Å². The number of sulfonamides is 1. The molecular formula is C22H26N2O6S. The number of carbonyl (C=O) groups excluding carboxylic acids is 2. The van der Waals surface area contributed by atoms with E-state index >= 15 is 0 Å². The fraction of sp³-hybridized carbons (Fsp3) is 0.364. The quantitative estimate of drug-likeness (QED) is 0.631. The fourth-order valence-electron chi connectivity index (χ4n) is 3.42. The number of carbonyl (C=O) groups is 2. The van der Waals surface area contributed by atoms with E-state index in [1.165, 1.54) is 51.9 Å². The van der Waals surface area contributed by atoms with E-state index in [9.17, 15) is 18.0 Å². The Morgan fingerprint density at radius 1 is 1.10 bits per heavy atom. The van der Waals surface area contributed by atoms with Crippen molar-refractivity contribution in [2.45, 2.75) is 30.9 Å². The van der Waals surface area contributed by atoms with E-state index in [1.807, 2.05) is 24.3 Å². The van der Waals surface area contributed by atoms with Gasteiger partial charge in [0.1, 0.15) is 10.6 Å². The summed E-state index contributed by atoms with van der Waals surface area (Å²) in [4.78, 5) is 27.0. The molecule has 9 heteroatoms. The lowest BCUT2D eigenvalue weighted by molar-refractivity contribution is -0.140. The Labute approximate surface area is 182 Å². The van der Waals surface area contributed by atoms with Gasteiger partial charge in [-0.15, -0.1) is 0 Å². The number of fused-ring (bicyclic) bond motifs is 1. The summed E-state index contributed by atoms with van der Waals surface area (Å²) in [6.45, 7) is 2.53. The zero-order valence-corrected chi connectivity index (χ0v) is 18.8. The second-order valence-corrected chi connectivity index (χ2v) is 9.60. The van der Waals surface area contributed by atoms with Crippen LogP contribution in [0.5, 0.6) is 5.75 Å². The lowest BCUT2D eigenvalue weighted by Crippen LogP contribution is -2.42. The van der Waals surface area contributed by atoms with E-state index in [-0.39, 0.29) is 22.1 Å². The summed E-state index contributed by atoms with van der Waals surface area (Å²) in [6, 6.07) is 11.9. The van der Waals surface area contributed by atoms with Crippen LogP contribution in [0.1, 0.15) is 28.4 Å². The molecular weight excluding hydrogens is 420 g/mol. The monoisotopic (exact) mass is 446 g/mol. The molecule has 31 heavy (non-hydrogen) atoms. The molecule has 1 aliphatic heterocycles. The highest BCUT2D eigenvalue weighted by Gasteiger charge is 2.29. The van der Waals surface area contributed by atoms with Gasteiger partial charge in [-0.05, 0) is 42.7 Å². The summed E-state index contributed by atoms with van der Waals surface area (Å²) in [7, 11) is 0.278. The molecule has 1 aliphatic rings. The number of nitrogens with zero attached hydrogens (tertiary/aromatic N) is 2. The first-order chi connectivity index (χ1) is 14.6. The van der Waals surface area contributed by atoms with Crippen LogP contribution < -0.4 is 4.74 Å². The van der Waals surface area contributed by atoms with Gasteiger partial charge in [0.2, 0.25) is 10.0 Å². The first kappa shape index (κ1) is 22.8. The zero-order valence-electron chi connectivity index (χ0n) is 18.0. The minimum atomic E-state index is -3.84. The van der Waals surface area contributed by atoms with Crippen LogP contribution in [-0.4, -0.2) is 63.4 Å².